The Kier molecular flexibility index (Phi) is 3.29. The minimum Gasteiger partial charge on any atom is -0.368 e. The van der Waals surface area contributed by atoms with Crippen molar-refractivity contribution in [2.75, 3.05) is 13.1 Å². The van der Waals surface area contributed by atoms with Crippen LogP contribution in [0.3, 0.4) is 0 Å². The van der Waals surface area contributed by atoms with Crippen LogP contribution >= 0.6 is 0 Å². The van der Waals surface area contributed by atoms with E-state index in [0.717, 1.165) is 31.3 Å². The van der Waals surface area contributed by atoms with Gasteiger partial charge in [-0.2, -0.15) is 0 Å². The normalized spacial score (nSPS) is 23.1. The quantitative estimate of drug-likeness (QED) is 0.690. The molecule has 1 amide bonds. The topological polar surface area (TPSA) is 46.3 Å². The number of nitrogens with zero attached hydrogens (tertiary/aromatic N) is 1. The number of primary amides is 1. The first kappa shape index (κ1) is 10.9. The molecule has 0 saturated heterocycles. The predicted molar refractivity (Wildman–Crippen MR) is 60.3 cm³/mol. The molecule has 3 heteroatoms. The molecule has 1 unspecified atom stereocenters. The summed E-state index contributed by atoms with van der Waals surface area (Å²) >= 11 is 0. The Morgan fingerprint density at radius 2 is 1.73 bits per heavy atom. The van der Waals surface area contributed by atoms with E-state index in [2.05, 4.69) is 11.8 Å². The number of amides is 1. The number of carbonyl (C=O) groups excluding carboxylic acids is 1. The second-order valence-electron chi connectivity index (χ2n) is 5.17. The molecular formula is C12H22N2O. The second kappa shape index (κ2) is 4.52. The fourth-order valence-corrected chi connectivity index (χ4v) is 2.23. The van der Waals surface area contributed by atoms with Crippen LogP contribution in [0.2, 0.25) is 0 Å². The summed E-state index contributed by atoms with van der Waals surface area (Å²) in [5.41, 5.74) is 5.46. The maximum atomic E-state index is 11.4. The molecule has 2 fully saturated rings. The predicted octanol–water partition coefficient (Wildman–Crippen LogP) is 1.37. The molecule has 2 N–H and O–H groups in total. The van der Waals surface area contributed by atoms with Gasteiger partial charge in [0.1, 0.15) is 0 Å². The molecule has 0 radical (unpaired) electrons. The Bertz CT molecular complexity index is 220. The van der Waals surface area contributed by atoms with E-state index in [1.165, 1.54) is 25.7 Å². The Morgan fingerprint density at radius 3 is 2.00 bits per heavy atom. The van der Waals surface area contributed by atoms with E-state index in [4.69, 9.17) is 5.73 Å². The van der Waals surface area contributed by atoms with Crippen molar-refractivity contribution in [2.24, 2.45) is 17.6 Å². The molecule has 2 saturated carbocycles. The van der Waals surface area contributed by atoms with E-state index in [1.807, 2.05) is 0 Å². The Labute approximate surface area is 92.0 Å². The third-order valence-corrected chi connectivity index (χ3v) is 3.54. The molecule has 1 atom stereocenters. The third-order valence-electron chi connectivity index (χ3n) is 3.54. The number of rotatable bonds is 7. The van der Waals surface area contributed by atoms with Crippen LogP contribution in [-0.4, -0.2) is 29.9 Å². The van der Waals surface area contributed by atoms with Crippen molar-refractivity contribution in [1.82, 2.24) is 4.90 Å². The number of hydrogen-bond acceptors (Lipinski definition) is 2. The van der Waals surface area contributed by atoms with Gasteiger partial charge in [-0.05, 0) is 43.9 Å². The molecule has 0 spiro atoms. The van der Waals surface area contributed by atoms with Gasteiger partial charge in [0, 0.05) is 13.1 Å². The highest BCUT2D eigenvalue weighted by Crippen LogP contribution is 2.34. The molecule has 0 bridgehead atoms. The fourth-order valence-electron chi connectivity index (χ4n) is 2.23. The molecule has 3 nitrogen and oxygen atoms in total. The van der Waals surface area contributed by atoms with E-state index in [-0.39, 0.29) is 11.9 Å². The van der Waals surface area contributed by atoms with E-state index >= 15 is 0 Å². The van der Waals surface area contributed by atoms with E-state index in [9.17, 15) is 4.79 Å². The molecule has 2 aliphatic carbocycles. The maximum Gasteiger partial charge on any atom is 0.234 e. The lowest BCUT2D eigenvalue weighted by atomic mass is 10.1. The van der Waals surface area contributed by atoms with Crippen LogP contribution in [0.5, 0.6) is 0 Å². The van der Waals surface area contributed by atoms with Gasteiger partial charge in [-0.3, -0.25) is 9.69 Å². The van der Waals surface area contributed by atoms with Crippen LogP contribution in [0.4, 0.5) is 0 Å². The summed E-state index contributed by atoms with van der Waals surface area (Å²) in [6, 6.07) is -0.0220. The molecule has 0 heterocycles. The Morgan fingerprint density at radius 1 is 1.27 bits per heavy atom. The van der Waals surface area contributed by atoms with Crippen LogP contribution in [0, 0.1) is 11.8 Å². The van der Waals surface area contributed by atoms with Crippen molar-refractivity contribution >= 4 is 5.91 Å². The van der Waals surface area contributed by atoms with Gasteiger partial charge < -0.3 is 5.73 Å². The lowest BCUT2D eigenvalue weighted by Crippen LogP contribution is -2.46. The lowest BCUT2D eigenvalue weighted by molar-refractivity contribution is -0.123. The zero-order valence-corrected chi connectivity index (χ0v) is 9.61. The minimum absolute atomic E-state index is 0.0220. The Hall–Kier alpha value is -0.570. The molecular weight excluding hydrogens is 188 g/mol. The van der Waals surface area contributed by atoms with Crippen molar-refractivity contribution in [2.45, 2.75) is 45.1 Å². The van der Waals surface area contributed by atoms with Crippen LogP contribution < -0.4 is 5.73 Å². The first-order valence-corrected chi connectivity index (χ1v) is 6.24. The van der Waals surface area contributed by atoms with Crippen LogP contribution in [0.25, 0.3) is 0 Å². The molecule has 0 aromatic heterocycles. The lowest BCUT2D eigenvalue weighted by Gasteiger charge is -2.28. The summed E-state index contributed by atoms with van der Waals surface area (Å²) in [5, 5.41) is 0. The van der Waals surface area contributed by atoms with Crippen molar-refractivity contribution in [3.63, 3.8) is 0 Å². The van der Waals surface area contributed by atoms with E-state index in [0.29, 0.717) is 0 Å². The Balaban J connectivity index is 1.90. The number of nitrogens with two attached hydrogens (primary N) is 1. The van der Waals surface area contributed by atoms with Crippen molar-refractivity contribution < 1.29 is 4.79 Å². The smallest absolute Gasteiger partial charge is 0.234 e. The first-order valence-electron chi connectivity index (χ1n) is 6.24. The summed E-state index contributed by atoms with van der Waals surface area (Å²) < 4.78 is 0. The standard InChI is InChI=1S/C12H22N2O/c1-2-11(12(13)15)14(7-9-3-4-9)8-10-5-6-10/h9-11H,2-8H2,1H3,(H2,13,15). The molecule has 86 valence electrons. The summed E-state index contributed by atoms with van der Waals surface area (Å²) in [7, 11) is 0. The highest BCUT2D eigenvalue weighted by molar-refractivity contribution is 5.79. The third kappa shape index (κ3) is 3.20. The van der Waals surface area contributed by atoms with Gasteiger partial charge in [-0.1, -0.05) is 6.92 Å². The summed E-state index contributed by atoms with van der Waals surface area (Å²) in [5.74, 6) is 1.55. The average molecular weight is 210 g/mol. The molecule has 2 rings (SSSR count). The summed E-state index contributed by atoms with van der Waals surface area (Å²) in [6.07, 6.45) is 6.23. The summed E-state index contributed by atoms with van der Waals surface area (Å²) in [6.45, 7) is 4.25. The number of carbonyl (C=O) groups is 1. The van der Waals surface area contributed by atoms with E-state index < -0.39 is 0 Å². The molecule has 15 heavy (non-hydrogen) atoms. The average Bonchev–Trinajstić information content (AvgIpc) is 2.98. The highest BCUT2D eigenvalue weighted by Gasteiger charge is 2.33. The molecule has 0 aliphatic heterocycles. The van der Waals surface area contributed by atoms with Crippen LogP contribution in [-0.2, 0) is 4.79 Å². The first-order chi connectivity index (χ1) is 7.20. The van der Waals surface area contributed by atoms with Gasteiger partial charge >= 0.3 is 0 Å². The van der Waals surface area contributed by atoms with Crippen LogP contribution in [0.15, 0.2) is 0 Å². The SMILES string of the molecule is CCC(C(N)=O)N(CC1CC1)CC1CC1. The fraction of sp³-hybridized carbons (Fsp3) is 0.917. The minimum atomic E-state index is -0.140. The molecule has 0 aromatic carbocycles. The van der Waals surface area contributed by atoms with Gasteiger partial charge in [0.05, 0.1) is 6.04 Å². The molecule has 2 aliphatic rings. The summed E-state index contributed by atoms with van der Waals surface area (Å²) in [4.78, 5) is 13.7. The zero-order valence-electron chi connectivity index (χ0n) is 9.61. The highest BCUT2D eigenvalue weighted by atomic mass is 16.1. The van der Waals surface area contributed by atoms with Gasteiger partial charge in [-0.15, -0.1) is 0 Å². The maximum absolute atomic E-state index is 11.4. The van der Waals surface area contributed by atoms with Gasteiger partial charge in [0.2, 0.25) is 5.91 Å². The second-order valence-corrected chi connectivity index (χ2v) is 5.17. The monoisotopic (exact) mass is 210 g/mol. The van der Waals surface area contributed by atoms with Gasteiger partial charge in [0.15, 0.2) is 0 Å². The van der Waals surface area contributed by atoms with Gasteiger partial charge in [0.25, 0.3) is 0 Å². The van der Waals surface area contributed by atoms with Gasteiger partial charge in [-0.25, -0.2) is 0 Å². The van der Waals surface area contributed by atoms with Crippen molar-refractivity contribution in [1.29, 1.82) is 0 Å². The number of hydrogen-bond donors (Lipinski definition) is 1. The van der Waals surface area contributed by atoms with E-state index in [1.54, 1.807) is 0 Å². The largest absolute Gasteiger partial charge is 0.368 e. The molecule has 0 aromatic rings. The van der Waals surface area contributed by atoms with Crippen molar-refractivity contribution in [3.05, 3.63) is 0 Å². The van der Waals surface area contributed by atoms with Crippen molar-refractivity contribution in [3.8, 4) is 0 Å². The van der Waals surface area contributed by atoms with Crippen LogP contribution in [0.1, 0.15) is 39.0 Å². The zero-order chi connectivity index (χ0) is 10.8.